The maximum Gasteiger partial charge on any atom is 0.293 e. The second kappa shape index (κ2) is 17.7. The van der Waals surface area contributed by atoms with Crippen molar-refractivity contribution in [1.29, 1.82) is 0 Å². The molecule has 5 aromatic rings. The van der Waals surface area contributed by atoms with Gasteiger partial charge in [0.15, 0.2) is 0 Å². The molecule has 2 aliphatic heterocycles. The van der Waals surface area contributed by atoms with Crippen LogP contribution < -0.4 is 19.7 Å². The summed E-state index contributed by atoms with van der Waals surface area (Å²) in [6, 6.07) is 21.2. The zero-order chi connectivity index (χ0) is 42.7. The average molecular weight is 848 g/mol. The van der Waals surface area contributed by atoms with Crippen molar-refractivity contribution in [2.75, 3.05) is 62.7 Å². The molecule has 61 heavy (non-hydrogen) atoms. The monoisotopic (exact) mass is 847 g/mol. The number of benzene rings is 3. The molecule has 8 rings (SSSR count). The Morgan fingerprint density at radius 1 is 1.02 bits per heavy atom. The number of anilines is 2. The summed E-state index contributed by atoms with van der Waals surface area (Å²) in [5.41, 5.74) is 7.06. The second-order valence-corrected chi connectivity index (χ2v) is 18.9. The van der Waals surface area contributed by atoms with Gasteiger partial charge in [0.2, 0.25) is 0 Å². The number of hydrogen-bond donors (Lipinski definition) is 3. The van der Waals surface area contributed by atoms with Crippen LogP contribution in [0.4, 0.5) is 17.1 Å². The van der Waals surface area contributed by atoms with Gasteiger partial charge < -0.3 is 24.7 Å². The minimum Gasteiger partial charge on any atom is -0.455 e. The van der Waals surface area contributed by atoms with E-state index in [0.29, 0.717) is 31.2 Å². The van der Waals surface area contributed by atoms with Crippen LogP contribution in [0.25, 0.3) is 16.6 Å². The Morgan fingerprint density at radius 2 is 1.79 bits per heavy atom. The topological polar surface area (TPSA) is 172 Å². The average Bonchev–Trinajstić information content (AvgIpc) is 3.72. The van der Waals surface area contributed by atoms with Gasteiger partial charge in [-0.05, 0) is 97.9 Å². The van der Waals surface area contributed by atoms with Crippen LogP contribution in [0.2, 0.25) is 0 Å². The number of H-pyrrole nitrogens is 1. The fourth-order valence-electron chi connectivity index (χ4n) is 8.50. The molecule has 0 bridgehead atoms. The number of amides is 1. The number of nitrogens with one attached hydrogen (secondary N) is 3. The molecule has 2 saturated heterocycles. The van der Waals surface area contributed by atoms with Crippen molar-refractivity contribution >= 4 is 49.6 Å². The molecule has 0 saturated carbocycles. The van der Waals surface area contributed by atoms with Crippen LogP contribution in [0, 0.1) is 28.4 Å². The normalized spacial score (nSPS) is 17.7. The number of piperazine rings is 1. The zero-order valence-corrected chi connectivity index (χ0v) is 35.7. The summed E-state index contributed by atoms with van der Waals surface area (Å²) >= 11 is 0. The van der Waals surface area contributed by atoms with E-state index in [4.69, 9.17) is 9.47 Å². The fraction of sp³-hybridized carbons (Fsp3) is 0.391. The Morgan fingerprint density at radius 3 is 2.54 bits per heavy atom. The van der Waals surface area contributed by atoms with E-state index in [9.17, 15) is 23.3 Å². The number of carbonyl (C=O) groups excluding carboxylic acids is 1. The van der Waals surface area contributed by atoms with Gasteiger partial charge in [0.05, 0.1) is 21.6 Å². The number of nitro groups is 1. The Balaban J connectivity index is 1.00. The Labute approximate surface area is 356 Å². The predicted octanol–water partition coefficient (Wildman–Crippen LogP) is 8.31. The molecule has 0 atom stereocenters. The molecule has 1 aliphatic carbocycles. The van der Waals surface area contributed by atoms with Gasteiger partial charge in [-0.25, -0.2) is 18.1 Å². The van der Waals surface area contributed by atoms with Crippen LogP contribution in [-0.4, -0.2) is 86.6 Å². The highest BCUT2D eigenvalue weighted by molar-refractivity contribution is 7.90. The van der Waals surface area contributed by atoms with Crippen LogP contribution in [0.15, 0.2) is 95.7 Å². The standard InChI is InChI=1S/C46H53N7O7S/c1-31-4-6-33(7-5-31)40-27-46(2,3)16-12-35(40)30-51-18-20-52(21-19-51)36-8-10-39(43(25-36)60-37-24-34-13-17-47-44(34)49-29-37)45(54)50-61(57,58)38-9-11-41(42(26-38)53(55)56)48-28-32-14-22-59-23-15-32/h4-11,13,17,24-26,29,32,48H,12,14-16,18-23,27-28,30H2,1-3H3,(H,47,49)(H,50,54). The van der Waals surface area contributed by atoms with Gasteiger partial charge in [-0.1, -0.05) is 49.2 Å². The third-order valence-corrected chi connectivity index (χ3v) is 13.5. The molecule has 4 heterocycles. The van der Waals surface area contributed by atoms with E-state index in [0.717, 1.165) is 82.0 Å². The molecule has 0 spiro atoms. The Hall–Kier alpha value is -5.77. The summed E-state index contributed by atoms with van der Waals surface area (Å²) in [6.45, 7) is 12.7. The van der Waals surface area contributed by atoms with Crippen molar-refractivity contribution in [2.45, 2.75) is 57.8 Å². The maximum atomic E-state index is 13.9. The summed E-state index contributed by atoms with van der Waals surface area (Å²) in [5, 5.41) is 16.0. The first-order valence-corrected chi connectivity index (χ1v) is 22.5. The van der Waals surface area contributed by atoms with Gasteiger partial charge in [0.25, 0.3) is 21.6 Å². The van der Waals surface area contributed by atoms with E-state index in [1.54, 1.807) is 30.5 Å². The summed E-state index contributed by atoms with van der Waals surface area (Å²) in [5.74, 6) is -0.168. The number of allylic oxidation sites excluding steroid dienone is 1. The van der Waals surface area contributed by atoms with E-state index < -0.39 is 31.4 Å². The molecule has 3 aliphatic rings. The quantitative estimate of drug-likeness (QED) is 0.0769. The lowest BCUT2D eigenvalue weighted by atomic mass is 9.72. The molecule has 0 unspecified atom stereocenters. The third kappa shape index (κ3) is 9.90. The van der Waals surface area contributed by atoms with Crippen molar-refractivity contribution in [3.63, 3.8) is 0 Å². The minimum atomic E-state index is -4.55. The molecule has 2 fully saturated rings. The Kier molecular flexibility index (Phi) is 12.2. The molecule has 320 valence electrons. The number of fused-ring (bicyclic) bond motifs is 1. The van der Waals surface area contributed by atoms with E-state index in [2.05, 4.69) is 74.8 Å². The van der Waals surface area contributed by atoms with Gasteiger partial charge in [-0.15, -0.1) is 0 Å². The fourth-order valence-corrected chi connectivity index (χ4v) is 9.49. The summed E-state index contributed by atoms with van der Waals surface area (Å²) in [7, 11) is -4.55. The van der Waals surface area contributed by atoms with E-state index in [-0.39, 0.29) is 28.3 Å². The minimum absolute atomic E-state index is 0.0276. The van der Waals surface area contributed by atoms with Crippen molar-refractivity contribution in [3.8, 4) is 11.5 Å². The number of aromatic nitrogens is 2. The first-order valence-electron chi connectivity index (χ1n) is 21.0. The second-order valence-electron chi connectivity index (χ2n) is 17.2. The van der Waals surface area contributed by atoms with Crippen LogP contribution in [-0.2, 0) is 14.8 Å². The number of hydrogen-bond acceptors (Lipinski definition) is 11. The van der Waals surface area contributed by atoms with Gasteiger partial charge >= 0.3 is 0 Å². The zero-order valence-electron chi connectivity index (χ0n) is 34.9. The predicted molar refractivity (Wildman–Crippen MR) is 237 cm³/mol. The number of nitro benzene ring substituents is 1. The van der Waals surface area contributed by atoms with Crippen molar-refractivity contribution in [3.05, 3.63) is 118 Å². The van der Waals surface area contributed by atoms with Crippen LogP contribution in [0.3, 0.4) is 0 Å². The number of aromatic amines is 1. The Bertz CT molecular complexity index is 2560. The number of carbonyl (C=O) groups is 1. The largest absolute Gasteiger partial charge is 0.455 e. The SMILES string of the molecule is Cc1ccc(C2=C(CN3CCN(c4ccc(C(=O)NS(=O)(=O)c5ccc(NCC6CCOCC6)c([N+](=O)[O-])c5)c(Oc5cnc6[nH]ccc6c5)c4)CC3)CCC(C)(C)C2)cc1. The highest BCUT2D eigenvalue weighted by Crippen LogP contribution is 2.43. The maximum absolute atomic E-state index is 13.9. The van der Waals surface area contributed by atoms with E-state index in [1.165, 1.54) is 40.6 Å². The lowest BCUT2D eigenvalue weighted by molar-refractivity contribution is -0.384. The summed E-state index contributed by atoms with van der Waals surface area (Å²) < 4.78 is 41.2. The molecule has 1 amide bonds. The lowest BCUT2D eigenvalue weighted by Gasteiger charge is -2.39. The molecular formula is C46H53N7O7S. The summed E-state index contributed by atoms with van der Waals surface area (Å²) in [4.78, 5) is 37.2. The number of sulfonamides is 1. The number of ether oxygens (including phenoxy) is 2. The first-order chi connectivity index (χ1) is 29.3. The lowest BCUT2D eigenvalue weighted by Crippen LogP contribution is -2.47. The van der Waals surface area contributed by atoms with Gasteiger partial charge in [0.1, 0.15) is 22.8 Å². The third-order valence-electron chi connectivity index (χ3n) is 12.2. The number of nitrogens with zero attached hydrogens (tertiary/aromatic N) is 4. The molecule has 0 radical (unpaired) electrons. The molecule has 2 aromatic heterocycles. The highest BCUT2D eigenvalue weighted by atomic mass is 32.2. The molecule has 3 aromatic carbocycles. The van der Waals surface area contributed by atoms with Gasteiger partial charge in [0, 0.05) is 81.9 Å². The van der Waals surface area contributed by atoms with Crippen LogP contribution >= 0.6 is 0 Å². The van der Waals surface area contributed by atoms with E-state index in [1.807, 2.05) is 6.07 Å². The first kappa shape index (κ1) is 41.9. The molecular weight excluding hydrogens is 795 g/mol. The van der Waals surface area contributed by atoms with E-state index >= 15 is 0 Å². The van der Waals surface area contributed by atoms with Crippen molar-refractivity contribution < 1.29 is 27.6 Å². The van der Waals surface area contributed by atoms with Crippen molar-refractivity contribution in [2.24, 2.45) is 11.3 Å². The van der Waals surface area contributed by atoms with Gasteiger partial charge in [-0.3, -0.25) is 19.8 Å². The number of aryl methyl sites for hydroxylation is 1. The molecule has 14 nitrogen and oxygen atoms in total. The van der Waals surface area contributed by atoms with Crippen LogP contribution in [0.1, 0.15) is 67.4 Å². The molecule has 15 heteroatoms. The summed E-state index contributed by atoms with van der Waals surface area (Å²) in [6.07, 6.45) is 8.25. The molecule has 3 N–H and O–H groups in total. The number of pyridine rings is 1. The van der Waals surface area contributed by atoms with Crippen LogP contribution in [0.5, 0.6) is 11.5 Å². The van der Waals surface area contributed by atoms with Crippen molar-refractivity contribution in [1.82, 2.24) is 19.6 Å². The number of rotatable bonds is 13. The van der Waals surface area contributed by atoms with Gasteiger partial charge in [-0.2, -0.15) is 0 Å². The smallest absolute Gasteiger partial charge is 0.293 e. The highest BCUT2D eigenvalue weighted by Gasteiger charge is 2.30.